The van der Waals surface area contributed by atoms with E-state index in [9.17, 15) is 22.5 Å². The van der Waals surface area contributed by atoms with Crippen LogP contribution < -0.4 is 14.8 Å². The predicted octanol–water partition coefficient (Wildman–Crippen LogP) is 11.5. The van der Waals surface area contributed by atoms with E-state index in [0.29, 0.717) is 24.3 Å². The molecule has 0 unspecified atom stereocenters. The van der Waals surface area contributed by atoms with E-state index in [2.05, 4.69) is 17.2 Å². The zero-order valence-corrected chi connectivity index (χ0v) is 32.1. The van der Waals surface area contributed by atoms with Crippen LogP contribution >= 0.6 is 19.2 Å². The number of nitrogens with one attached hydrogen (secondary N) is 1. The van der Waals surface area contributed by atoms with Gasteiger partial charge in [0.15, 0.2) is 6.61 Å². The number of nitrogens with zero attached hydrogens (tertiary/aromatic N) is 1. The van der Waals surface area contributed by atoms with Gasteiger partial charge in [0, 0.05) is 18.7 Å². The second kappa shape index (κ2) is 25.4. The summed E-state index contributed by atoms with van der Waals surface area (Å²) in [7, 11) is -3.74. The Labute approximate surface area is 307 Å². The lowest BCUT2D eigenvalue weighted by atomic mass is 10.0. The minimum Gasteiger partial charge on any atom is -0.487 e. The number of benzene rings is 1. The van der Waals surface area contributed by atoms with Crippen LogP contribution in [0.1, 0.15) is 122 Å². The van der Waals surface area contributed by atoms with Crippen molar-refractivity contribution in [2.24, 2.45) is 0 Å². The molecule has 2 rings (SSSR count). The van der Waals surface area contributed by atoms with Gasteiger partial charge < -0.3 is 23.8 Å². The van der Waals surface area contributed by atoms with Crippen LogP contribution in [0, 0.1) is 0 Å². The molecule has 1 N–H and O–H groups in total. The molecule has 0 saturated heterocycles. The monoisotopic (exact) mass is 760 g/mol. The van der Waals surface area contributed by atoms with Crippen LogP contribution in [-0.4, -0.2) is 42.9 Å². The van der Waals surface area contributed by atoms with Gasteiger partial charge in [-0.25, -0.2) is 0 Å². The number of hydrogen-bond donors (Lipinski definition) is 1. The molecule has 1 atom stereocenters. The number of pyridine rings is 1. The van der Waals surface area contributed by atoms with Gasteiger partial charge in [0.25, 0.3) is 0 Å². The van der Waals surface area contributed by atoms with E-state index in [1.807, 2.05) is 12.1 Å². The molecule has 0 bridgehead atoms. The highest BCUT2D eigenvalue weighted by Gasteiger charge is 2.30. The van der Waals surface area contributed by atoms with Gasteiger partial charge in [0.1, 0.15) is 22.9 Å². The van der Waals surface area contributed by atoms with Gasteiger partial charge in [-0.15, -0.1) is 0 Å². The van der Waals surface area contributed by atoms with E-state index in [1.54, 1.807) is 26.0 Å². The minimum absolute atomic E-state index is 0.0168. The lowest BCUT2D eigenvalue weighted by Gasteiger charge is -2.20. The molecule has 0 radical (unpaired) electrons. The summed E-state index contributed by atoms with van der Waals surface area (Å²) in [4.78, 5) is 17.1. The van der Waals surface area contributed by atoms with Crippen molar-refractivity contribution < 1.29 is 41.1 Å². The van der Waals surface area contributed by atoms with Gasteiger partial charge in [-0.2, -0.15) is 13.2 Å². The Balaban J connectivity index is 1.92. The zero-order valence-electron chi connectivity index (χ0n) is 30.5. The fourth-order valence-electron chi connectivity index (χ4n) is 5.41. The number of alkyl halides is 3. The number of ether oxygens (including phenoxy) is 2. The molecule has 0 aliphatic rings. The Hall–Kier alpha value is -2.59. The maximum atomic E-state index is 13.3. The summed E-state index contributed by atoms with van der Waals surface area (Å²) in [5, 5.41) is 3.03. The maximum absolute atomic E-state index is 13.3. The lowest BCUT2D eigenvalue weighted by molar-refractivity contribution is -0.153. The summed E-state index contributed by atoms with van der Waals surface area (Å²) >= 11 is 6.51. The number of amides is 1. The first-order chi connectivity index (χ1) is 24.5. The number of aromatic nitrogens is 1. The fourth-order valence-corrected chi connectivity index (χ4v) is 7.22. The predicted molar refractivity (Wildman–Crippen MR) is 197 cm³/mol. The Morgan fingerprint density at radius 3 is 1.96 bits per heavy atom. The third-order valence-corrected chi connectivity index (χ3v) is 10.6. The van der Waals surface area contributed by atoms with Crippen LogP contribution in [-0.2, 0) is 31.4 Å². The molecule has 13 heteroatoms. The third kappa shape index (κ3) is 20.3. The molecule has 1 aromatic heterocycles. The van der Waals surface area contributed by atoms with Crippen molar-refractivity contribution in [1.29, 1.82) is 0 Å². The Bertz CT molecular complexity index is 1320. The average Bonchev–Trinajstić information content (AvgIpc) is 3.09. The van der Waals surface area contributed by atoms with Crippen LogP contribution in [0.15, 0.2) is 53.4 Å². The van der Waals surface area contributed by atoms with Crippen molar-refractivity contribution in [3.8, 4) is 11.5 Å². The van der Waals surface area contributed by atoms with Crippen molar-refractivity contribution in [2.45, 2.75) is 136 Å². The average molecular weight is 761 g/mol. The SMILES string of the molecule is CCCCCCCCCCCCCCCC(=O)N[C@@H](/C=C(/Cl)P(=O)(OCC)OCC)Cc1ccc(OCc2cc(OCC(F)(F)F)ccn2)cc1. The molecule has 2 aromatic rings. The van der Waals surface area contributed by atoms with E-state index in [0.717, 1.165) is 24.8 Å². The van der Waals surface area contributed by atoms with Crippen molar-refractivity contribution in [3.05, 3.63) is 64.7 Å². The fraction of sp³-hybridized carbons (Fsp3) is 0.632. The van der Waals surface area contributed by atoms with E-state index in [1.165, 1.54) is 88.6 Å². The molecule has 1 aromatic carbocycles. The van der Waals surface area contributed by atoms with Crippen molar-refractivity contribution >= 4 is 25.1 Å². The molecule has 0 aliphatic heterocycles. The first-order valence-electron chi connectivity index (χ1n) is 18.4. The molecule has 0 saturated carbocycles. The summed E-state index contributed by atoms with van der Waals surface area (Å²) in [5.74, 6) is 0.430. The summed E-state index contributed by atoms with van der Waals surface area (Å²) in [5.41, 5.74) is 1.25. The molecule has 51 heavy (non-hydrogen) atoms. The standard InChI is InChI=1S/C38H57ClF3N2O6P/c1-4-7-8-9-10-11-12-13-14-15-16-17-18-19-37(45)44-32(28-36(39)51(46,49-5-2)50-6-3)26-31-20-22-34(23-21-31)47-29-33-27-35(24-25-43-33)48-30-38(40,41)42/h20-25,27-28,32H,4-19,26,29-30H2,1-3H3,(H,44,45)/b36-28-/t32-/m1/s1. The van der Waals surface area contributed by atoms with E-state index < -0.39 is 26.4 Å². The second-order valence-electron chi connectivity index (χ2n) is 12.5. The van der Waals surface area contributed by atoms with Crippen LogP contribution in [0.3, 0.4) is 0 Å². The number of carbonyl (C=O) groups excluding carboxylic acids is 1. The van der Waals surface area contributed by atoms with Gasteiger partial charge in [0.05, 0.1) is 24.9 Å². The number of carbonyl (C=O) groups is 1. The number of hydrogen-bond acceptors (Lipinski definition) is 7. The van der Waals surface area contributed by atoms with Crippen molar-refractivity contribution in [2.75, 3.05) is 19.8 Å². The molecule has 1 heterocycles. The quantitative estimate of drug-likeness (QED) is 0.0681. The van der Waals surface area contributed by atoms with Gasteiger partial charge in [0.2, 0.25) is 5.91 Å². The molecule has 0 fully saturated rings. The summed E-state index contributed by atoms with van der Waals surface area (Å²) in [6.45, 7) is 4.53. The molecule has 288 valence electrons. The first kappa shape index (κ1) is 44.6. The van der Waals surface area contributed by atoms with Gasteiger partial charge >= 0.3 is 13.8 Å². The molecule has 8 nitrogen and oxygen atoms in total. The summed E-state index contributed by atoms with van der Waals surface area (Å²) in [6, 6.07) is 9.28. The number of unbranched alkanes of at least 4 members (excludes halogenated alkanes) is 12. The van der Waals surface area contributed by atoms with Gasteiger partial charge in [-0.1, -0.05) is 108 Å². The highest BCUT2D eigenvalue weighted by atomic mass is 35.5. The number of halogens is 4. The smallest absolute Gasteiger partial charge is 0.422 e. The van der Waals surface area contributed by atoms with E-state index in [4.69, 9.17) is 30.1 Å². The maximum Gasteiger partial charge on any atom is 0.422 e. The third-order valence-electron chi connectivity index (χ3n) is 8.01. The second-order valence-corrected chi connectivity index (χ2v) is 15.2. The van der Waals surface area contributed by atoms with Gasteiger partial charge in [-0.3, -0.25) is 14.3 Å². The highest BCUT2D eigenvalue weighted by Crippen LogP contribution is 2.57. The van der Waals surface area contributed by atoms with Gasteiger partial charge in [-0.05, 0) is 56.5 Å². The van der Waals surface area contributed by atoms with Crippen LogP contribution in [0.4, 0.5) is 13.2 Å². The van der Waals surface area contributed by atoms with Crippen molar-refractivity contribution in [1.82, 2.24) is 10.3 Å². The number of rotatable bonds is 28. The molecule has 0 spiro atoms. The van der Waals surface area contributed by atoms with E-state index in [-0.39, 0.29) is 36.3 Å². The van der Waals surface area contributed by atoms with Crippen LogP contribution in [0.2, 0.25) is 0 Å². The molecule has 1 amide bonds. The first-order valence-corrected chi connectivity index (χ1v) is 20.3. The Morgan fingerprint density at radius 2 is 1.41 bits per heavy atom. The molecule has 0 aliphatic carbocycles. The molecular formula is C38H57ClF3N2O6P. The largest absolute Gasteiger partial charge is 0.487 e. The topological polar surface area (TPSA) is 96.0 Å². The summed E-state index contributed by atoms with van der Waals surface area (Å²) in [6.07, 6.45) is 15.0. The Kier molecular flexibility index (Phi) is 22.2. The summed E-state index contributed by atoms with van der Waals surface area (Å²) < 4.78 is 72.0. The lowest BCUT2D eigenvalue weighted by Crippen LogP contribution is -2.35. The highest BCUT2D eigenvalue weighted by molar-refractivity contribution is 7.61. The van der Waals surface area contributed by atoms with Crippen LogP contribution in [0.25, 0.3) is 0 Å². The molecular weight excluding hydrogens is 704 g/mol. The normalized spacial score (nSPS) is 12.9. The zero-order chi connectivity index (χ0) is 37.4. The van der Waals surface area contributed by atoms with E-state index >= 15 is 0 Å². The Morgan fingerprint density at radius 1 is 0.843 bits per heavy atom. The van der Waals surface area contributed by atoms with Crippen molar-refractivity contribution in [3.63, 3.8) is 0 Å². The van der Waals surface area contributed by atoms with Crippen LogP contribution in [0.5, 0.6) is 11.5 Å². The minimum atomic E-state index is -4.44.